The maximum Gasteiger partial charge on any atom is 0.308 e. The molecule has 138 valence electrons. The number of nitrogens with zero attached hydrogens (tertiary/aromatic N) is 1. The van der Waals surface area contributed by atoms with E-state index in [1.807, 2.05) is 40.7 Å². The van der Waals surface area contributed by atoms with Gasteiger partial charge in [-0.3, -0.25) is 14.1 Å². The summed E-state index contributed by atoms with van der Waals surface area (Å²) in [5, 5.41) is 0. The minimum Gasteiger partial charge on any atom is -0.299 e. The van der Waals surface area contributed by atoms with Crippen molar-refractivity contribution in [1.82, 2.24) is 4.57 Å². The Balaban J connectivity index is 2.09. The molecule has 2 aromatic carbocycles. The molecule has 0 radical (unpaired) electrons. The second-order valence-electron chi connectivity index (χ2n) is 6.49. The summed E-state index contributed by atoms with van der Waals surface area (Å²) in [7, 11) is -3.73. The van der Waals surface area contributed by atoms with E-state index in [1.165, 1.54) is 0 Å². The van der Waals surface area contributed by atoms with Gasteiger partial charge in [0.15, 0.2) is 0 Å². The molecule has 0 atom stereocenters. The molecule has 0 amide bonds. The van der Waals surface area contributed by atoms with Crippen molar-refractivity contribution in [2.24, 2.45) is 0 Å². The standard InChI is InChI=1S/C19H22N2O3S2/c1-6-21-16-8-7-15(10-17(16)25-19(21)22)20-26(23,24)18-13(4)11(2)9-12(3)14(18)5/h7-10,20H,6H2,1-5H3. The molecule has 0 aliphatic heterocycles. The van der Waals surface area contributed by atoms with E-state index in [-0.39, 0.29) is 4.87 Å². The fraction of sp³-hybridized carbons (Fsp3) is 0.316. The highest BCUT2D eigenvalue weighted by Gasteiger charge is 2.22. The van der Waals surface area contributed by atoms with Crippen molar-refractivity contribution in [2.45, 2.75) is 46.1 Å². The monoisotopic (exact) mass is 390 g/mol. The lowest BCUT2D eigenvalue weighted by atomic mass is 10.0. The molecule has 1 aromatic heterocycles. The smallest absolute Gasteiger partial charge is 0.299 e. The minimum absolute atomic E-state index is 0.0384. The number of anilines is 1. The molecule has 1 N–H and O–H groups in total. The average Bonchev–Trinajstić information content (AvgIpc) is 2.86. The van der Waals surface area contributed by atoms with E-state index in [4.69, 9.17) is 0 Å². The Morgan fingerprint density at radius 2 is 1.65 bits per heavy atom. The van der Waals surface area contributed by atoms with Crippen LogP contribution >= 0.6 is 11.3 Å². The fourth-order valence-corrected chi connectivity index (χ4v) is 5.88. The van der Waals surface area contributed by atoms with E-state index < -0.39 is 10.0 Å². The maximum absolute atomic E-state index is 13.0. The van der Waals surface area contributed by atoms with Crippen LogP contribution in [0.3, 0.4) is 0 Å². The van der Waals surface area contributed by atoms with Crippen molar-refractivity contribution < 1.29 is 8.42 Å². The van der Waals surface area contributed by atoms with Crippen molar-refractivity contribution >= 4 is 37.3 Å². The number of sulfonamides is 1. The van der Waals surface area contributed by atoms with Crippen molar-refractivity contribution in [3.8, 4) is 0 Å². The summed E-state index contributed by atoms with van der Waals surface area (Å²) in [6.45, 7) is 9.98. The number of aromatic nitrogens is 1. The van der Waals surface area contributed by atoms with Crippen LogP contribution in [0, 0.1) is 27.7 Å². The van der Waals surface area contributed by atoms with Gasteiger partial charge in [-0.1, -0.05) is 17.4 Å². The average molecular weight is 391 g/mol. The summed E-state index contributed by atoms with van der Waals surface area (Å²) in [5.74, 6) is 0. The van der Waals surface area contributed by atoms with Crippen LogP contribution in [0.4, 0.5) is 5.69 Å². The summed E-state index contributed by atoms with van der Waals surface area (Å²) in [5.41, 5.74) is 4.68. The molecule has 0 fully saturated rings. The number of hydrogen-bond acceptors (Lipinski definition) is 4. The molecule has 0 saturated carbocycles. The van der Waals surface area contributed by atoms with Crippen LogP contribution in [0.2, 0.25) is 0 Å². The Kier molecular flexibility index (Phi) is 4.71. The first-order chi connectivity index (χ1) is 12.2. The van der Waals surface area contributed by atoms with Crippen molar-refractivity contribution in [2.75, 3.05) is 4.72 Å². The molecular formula is C19H22N2O3S2. The Morgan fingerprint density at radius 1 is 1.04 bits per heavy atom. The highest BCUT2D eigenvalue weighted by atomic mass is 32.2. The lowest BCUT2D eigenvalue weighted by Crippen LogP contribution is -2.17. The zero-order valence-corrected chi connectivity index (χ0v) is 17.1. The summed E-state index contributed by atoms with van der Waals surface area (Å²) >= 11 is 1.12. The molecule has 26 heavy (non-hydrogen) atoms. The largest absolute Gasteiger partial charge is 0.308 e. The second-order valence-corrected chi connectivity index (χ2v) is 9.10. The van der Waals surface area contributed by atoms with E-state index >= 15 is 0 Å². The first-order valence-electron chi connectivity index (χ1n) is 8.39. The molecule has 7 heteroatoms. The predicted molar refractivity (Wildman–Crippen MR) is 108 cm³/mol. The zero-order chi connectivity index (χ0) is 19.2. The zero-order valence-electron chi connectivity index (χ0n) is 15.5. The van der Waals surface area contributed by atoms with E-state index in [1.54, 1.807) is 22.8 Å². The third-order valence-corrected chi connectivity index (χ3v) is 7.40. The quantitative estimate of drug-likeness (QED) is 0.729. The molecule has 0 saturated heterocycles. The number of benzene rings is 2. The van der Waals surface area contributed by atoms with Crippen LogP contribution in [-0.2, 0) is 16.6 Å². The topological polar surface area (TPSA) is 68.2 Å². The lowest BCUT2D eigenvalue weighted by Gasteiger charge is -2.16. The van der Waals surface area contributed by atoms with Gasteiger partial charge in [0.2, 0.25) is 0 Å². The van der Waals surface area contributed by atoms with Crippen molar-refractivity contribution in [3.05, 3.63) is 56.2 Å². The van der Waals surface area contributed by atoms with Gasteiger partial charge >= 0.3 is 4.87 Å². The van der Waals surface area contributed by atoms with E-state index in [9.17, 15) is 13.2 Å². The van der Waals surface area contributed by atoms with Crippen molar-refractivity contribution in [1.29, 1.82) is 0 Å². The molecule has 3 rings (SSSR count). The predicted octanol–water partition coefficient (Wildman–Crippen LogP) is 4.12. The normalized spacial score (nSPS) is 11.9. The van der Waals surface area contributed by atoms with Crippen LogP contribution in [0.1, 0.15) is 29.2 Å². The van der Waals surface area contributed by atoms with Crippen LogP contribution in [0.5, 0.6) is 0 Å². The Morgan fingerprint density at radius 3 is 2.23 bits per heavy atom. The van der Waals surface area contributed by atoms with Gasteiger partial charge in [-0.15, -0.1) is 0 Å². The first-order valence-corrected chi connectivity index (χ1v) is 10.7. The van der Waals surface area contributed by atoms with Crippen LogP contribution < -0.4 is 9.60 Å². The number of hydrogen-bond donors (Lipinski definition) is 1. The van der Waals surface area contributed by atoms with Gasteiger partial charge in [0.1, 0.15) is 0 Å². The highest BCUT2D eigenvalue weighted by molar-refractivity contribution is 7.92. The van der Waals surface area contributed by atoms with Gasteiger partial charge in [0.25, 0.3) is 10.0 Å². The third kappa shape index (κ3) is 3.05. The number of fused-ring (bicyclic) bond motifs is 1. The molecule has 0 aliphatic rings. The number of aryl methyl sites for hydroxylation is 3. The van der Waals surface area contributed by atoms with Crippen LogP contribution in [0.25, 0.3) is 10.2 Å². The Bertz CT molecular complexity index is 1150. The SMILES string of the molecule is CCn1c(=O)sc2cc(NS(=O)(=O)c3c(C)c(C)cc(C)c3C)ccc21. The second kappa shape index (κ2) is 6.55. The Hall–Kier alpha value is -2.12. The molecule has 0 aliphatic carbocycles. The van der Waals surface area contributed by atoms with E-state index in [0.717, 1.165) is 43.8 Å². The summed E-state index contributed by atoms with van der Waals surface area (Å²) in [6, 6.07) is 7.21. The van der Waals surface area contributed by atoms with Gasteiger partial charge in [0.05, 0.1) is 20.8 Å². The van der Waals surface area contributed by atoms with Crippen LogP contribution in [-0.4, -0.2) is 13.0 Å². The number of rotatable bonds is 4. The Labute approximate surface area is 157 Å². The molecule has 1 heterocycles. The summed E-state index contributed by atoms with van der Waals surface area (Å²) in [4.78, 5) is 12.3. The molecule has 5 nitrogen and oxygen atoms in total. The van der Waals surface area contributed by atoms with Gasteiger partial charge in [-0.25, -0.2) is 8.42 Å². The molecule has 3 aromatic rings. The fourth-order valence-electron chi connectivity index (χ4n) is 3.22. The van der Waals surface area contributed by atoms with Gasteiger partial charge in [0, 0.05) is 6.54 Å². The summed E-state index contributed by atoms with van der Waals surface area (Å²) < 4.78 is 31.2. The molecule has 0 unspecified atom stereocenters. The summed E-state index contributed by atoms with van der Waals surface area (Å²) in [6.07, 6.45) is 0. The first kappa shape index (κ1) is 18.7. The molecule has 0 bridgehead atoms. The van der Waals surface area contributed by atoms with E-state index in [0.29, 0.717) is 17.1 Å². The molecule has 0 spiro atoms. The maximum atomic E-state index is 13.0. The minimum atomic E-state index is -3.73. The van der Waals surface area contributed by atoms with Gasteiger partial charge in [-0.2, -0.15) is 0 Å². The van der Waals surface area contributed by atoms with Gasteiger partial charge in [-0.05, 0) is 75.1 Å². The molecular weight excluding hydrogens is 368 g/mol. The van der Waals surface area contributed by atoms with E-state index in [2.05, 4.69) is 4.72 Å². The third-order valence-electron chi connectivity index (χ3n) is 4.80. The van der Waals surface area contributed by atoms with Gasteiger partial charge < -0.3 is 0 Å². The van der Waals surface area contributed by atoms with Crippen LogP contribution in [0.15, 0.2) is 34.0 Å². The number of nitrogens with one attached hydrogen (secondary N) is 1. The van der Waals surface area contributed by atoms with Crippen molar-refractivity contribution in [3.63, 3.8) is 0 Å². The number of thiazole rings is 1. The lowest BCUT2D eigenvalue weighted by molar-refractivity contribution is 0.599. The highest BCUT2D eigenvalue weighted by Crippen LogP contribution is 2.29.